The van der Waals surface area contributed by atoms with Gasteiger partial charge in [0.05, 0.1) is 24.1 Å². The Kier molecular flexibility index (Phi) is 5.62. The zero-order chi connectivity index (χ0) is 24.2. The van der Waals surface area contributed by atoms with Crippen LogP contribution in [0.25, 0.3) is 11.1 Å². The standard InChI is InChI=1S/C25H24F4N2O3/c1-13-10-25(12-34-11-22(32)30-25)21(31(13)24(33)19-9-20(19)28)7-14-3-2-4-18(23(14)29)15-5-16(26)8-17(27)6-15/h2-6,8,13,19-21H,7,9-12H2,1H3,(H,30,32). The molecule has 2 saturated heterocycles. The average Bonchev–Trinajstić information content (AvgIpc) is 3.44. The predicted octanol–water partition coefficient (Wildman–Crippen LogP) is 3.55. The predicted molar refractivity (Wildman–Crippen MR) is 115 cm³/mol. The number of morpholine rings is 1. The van der Waals surface area contributed by atoms with Gasteiger partial charge in [-0.15, -0.1) is 0 Å². The van der Waals surface area contributed by atoms with Crippen molar-refractivity contribution < 1.29 is 31.9 Å². The van der Waals surface area contributed by atoms with E-state index in [4.69, 9.17) is 4.74 Å². The van der Waals surface area contributed by atoms with Crippen LogP contribution in [0.4, 0.5) is 17.6 Å². The number of rotatable bonds is 4. The van der Waals surface area contributed by atoms with Crippen LogP contribution in [-0.4, -0.2) is 53.7 Å². The molecule has 5 nitrogen and oxygen atoms in total. The Bertz CT molecular complexity index is 1140. The van der Waals surface area contributed by atoms with Crippen molar-refractivity contribution in [2.75, 3.05) is 13.2 Å². The van der Waals surface area contributed by atoms with Gasteiger partial charge in [-0.05, 0) is 49.4 Å². The van der Waals surface area contributed by atoms with Crippen molar-refractivity contribution in [2.45, 2.75) is 50.0 Å². The molecule has 5 unspecified atom stereocenters. The van der Waals surface area contributed by atoms with E-state index < -0.39 is 41.1 Å². The van der Waals surface area contributed by atoms with E-state index in [0.717, 1.165) is 12.1 Å². The van der Waals surface area contributed by atoms with Gasteiger partial charge < -0.3 is 15.0 Å². The summed E-state index contributed by atoms with van der Waals surface area (Å²) in [4.78, 5) is 26.9. The number of nitrogens with zero attached hydrogens (tertiary/aromatic N) is 1. The molecule has 3 fully saturated rings. The van der Waals surface area contributed by atoms with Crippen LogP contribution in [0.1, 0.15) is 25.3 Å². The maximum absolute atomic E-state index is 15.6. The smallest absolute Gasteiger partial charge is 0.246 e. The van der Waals surface area contributed by atoms with Crippen molar-refractivity contribution in [3.63, 3.8) is 0 Å². The van der Waals surface area contributed by atoms with Crippen LogP contribution in [0.3, 0.4) is 0 Å². The molecular weight excluding hydrogens is 452 g/mol. The topological polar surface area (TPSA) is 58.6 Å². The lowest BCUT2D eigenvalue weighted by molar-refractivity contribution is -0.141. The number of ether oxygens (including phenoxy) is 1. The fraction of sp³-hybridized carbons (Fsp3) is 0.440. The quantitative estimate of drug-likeness (QED) is 0.687. The normalized spacial score (nSPS) is 30.5. The second kappa shape index (κ2) is 8.37. The number of hydrogen-bond acceptors (Lipinski definition) is 3. The lowest BCUT2D eigenvalue weighted by atomic mass is 9.84. The third-order valence-electron chi connectivity index (χ3n) is 7.04. The van der Waals surface area contributed by atoms with E-state index in [9.17, 15) is 22.8 Å². The minimum Gasteiger partial charge on any atom is -0.369 e. The number of halogens is 4. The molecule has 2 aromatic carbocycles. The van der Waals surface area contributed by atoms with Crippen molar-refractivity contribution in [1.82, 2.24) is 10.2 Å². The summed E-state index contributed by atoms with van der Waals surface area (Å²) in [6, 6.07) is 6.33. The van der Waals surface area contributed by atoms with Gasteiger partial charge in [0.15, 0.2) is 0 Å². The molecule has 5 atom stereocenters. The van der Waals surface area contributed by atoms with Gasteiger partial charge in [-0.25, -0.2) is 17.6 Å². The second-order valence-electron chi connectivity index (χ2n) is 9.51. The van der Waals surface area contributed by atoms with Gasteiger partial charge >= 0.3 is 0 Å². The molecule has 2 heterocycles. The summed E-state index contributed by atoms with van der Waals surface area (Å²) >= 11 is 0. The van der Waals surface area contributed by atoms with Crippen molar-refractivity contribution in [1.29, 1.82) is 0 Å². The highest BCUT2D eigenvalue weighted by Crippen LogP contribution is 2.43. The van der Waals surface area contributed by atoms with Gasteiger partial charge in [-0.3, -0.25) is 9.59 Å². The molecular formula is C25H24F4N2O3. The first-order valence-electron chi connectivity index (χ1n) is 11.3. The Morgan fingerprint density at radius 1 is 1.21 bits per heavy atom. The molecule has 0 aromatic heterocycles. The molecule has 1 saturated carbocycles. The van der Waals surface area contributed by atoms with Crippen molar-refractivity contribution in [3.05, 3.63) is 59.4 Å². The van der Waals surface area contributed by atoms with E-state index in [0.29, 0.717) is 12.5 Å². The Balaban J connectivity index is 1.53. The first-order chi connectivity index (χ1) is 16.2. The van der Waals surface area contributed by atoms with Crippen molar-refractivity contribution in [2.24, 2.45) is 5.92 Å². The molecule has 180 valence electrons. The van der Waals surface area contributed by atoms with E-state index >= 15 is 4.39 Å². The van der Waals surface area contributed by atoms with Crippen LogP contribution in [0.5, 0.6) is 0 Å². The maximum atomic E-state index is 15.6. The third-order valence-corrected chi connectivity index (χ3v) is 7.04. The first-order valence-corrected chi connectivity index (χ1v) is 11.3. The van der Waals surface area contributed by atoms with Crippen LogP contribution < -0.4 is 5.32 Å². The Morgan fingerprint density at radius 2 is 1.91 bits per heavy atom. The Hall–Kier alpha value is -2.94. The highest BCUT2D eigenvalue weighted by atomic mass is 19.1. The van der Waals surface area contributed by atoms with E-state index in [2.05, 4.69) is 5.32 Å². The lowest BCUT2D eigenvalue weighted by Gasteiger charge is -2.41. The Morgan fingerprint density at radius 3 is 2.56 bits per heavy atom. The van der Waals surface area contributed by atoms with Gasteiger partial charge in [-0.1, -0.05) is 18.2 Å². The minimum atomic E-state index is -1.20. The van der Waals surface area contributed by atoms with Crippen molar-refractivity contribution >= 4 is 11.8 Å². The van der Waals surface area contributed by atoms with Crippen LogP contribution in [0.15, 0.2) is 36.4 Å². The molecule has 2 aromatic rings. The number of hydrogen-bond donors (Lipinski definition) is 1. The SMILES string of the molecule is CC1CC2(COCC(=O)N2)C(Cc2cccc(-c3cc(F)cc(F)c3)c2F)N1C(=O)C1CC1F. The van der Waals surface area contributed by atoms with E-state index in [1.807, 2.05) is 6.92 Å². The summed E-state index contributed by atoms with van der Waals surface area (Å²) in [5, 5.41) is 2.96. The summed E-state index contributed by atoms with van der Waals surface area (Å²) in [5.74, 6) is -3.75. The first kappa shape index (κ1) is 22.8. The van der Waals surface area contributed by atoms with Crippen molar-refractivity contribution in [3.8, 4) is 11.1 Å². The monoisotopic (exact) mass is 476 g/mol. The molecule has 9 heteroatoms. The van der Waals surface area contributed by atoms with Gasteiger partial charge in [0.2, 0.25) is 11.8 Å². The Labute approximate surface area is 194 Å². The minimum absolute atomic E-state index is 0.0147. The highest BCUT2D eigenvalue weighted by Gasteiger charge is 2.58. The van der Waals surface area contributed by atoms with Gasteiger partial charge in [-0.2, -0.15) is 0 Å². The zero-order valence-electron chi connectivity index (χ0n) is 18.5. The molecule has 34 heavy (non-hydrogen) atoms. The largest absolute Gasteiger partial charge is 0.369 e. The van der Waals surface area contributed by atoms with E-state index in [-0.39, 0.29) is 60.6 Å². The number of carbonyl (C=O) groups is 2. The molecule has 5 rings (SSSR count). The summed E-state index contributed by atoms with van der Waals surface area (Å²) in [7, 11) is 0. The number of likely N-dealkylation sites (tertiary alicyclic amines) is 1. The van der Waals surface area contributed by atoms with Gasteiger partial charge in [0, 0.05) is 17.7 Å². The van der Waals surface area contributed by atoms with E-state index in [1.54, 1.807) is 11.0 Å². The summed E-state index contributed by atoms with van der Waals surface area (Å²) in [6.07, 6.45) is -0.646. The summed E-state index contributed by atoms with van der Waals surface area (Å²) < 4.78 is 62.4. The molecule has 3 aliphatic rings. The number of amides is 2. The molecule has 0 radical (unpaired) electrons. The van der Waals surface area contributed by atoms with Crippen LogP contribution in [-0.2, 0) is 20.7 Å². The van der Waals surface area contributed by atoms with Crippen LogP contribution >= 0.6 is 0 Å². The summed E-state index contributed by atoms with van der Waals surface area (Å²) in [5.41, 5.74) is -0.667. The molecule has 1 aliphatic carbocycles. The number of nitrogens with one attached hydrogen (secondary N) is 1. The van der Waals surface area contributed by atoms with Crippen LogP contribution in [0, 0.1) is 23.4 Å². The molecule has 2 amide bonds. The second-order valence-corrected chi connectivity index (χ2v) is 9.51. The zero-order valence-corrected chi connectivity index (χ0v) is 18.5. The average molecular weight is 476 g/mol. The lowest BCUT2D eigenvalue weighted by Crippen LogP contribution is -2.64. The fourth-order valence-corrected chi connectivity index (χ4v) is 5.45. The molecule has 2 aliphatic heterocycles. The number of benzene rings is 2. The number of carbonyl (C=O) groups excluding carboxylic acids is 2. The maximum Gasteiger partial charge on any atom is 0.246 e. The molecule has 1 spiro atoms. The molecule has 0 bridgehead atoms. The van der Waals surface area contributed by atoms with Gasteiger partial charge in [0.25, 0.3) is 0 Å². The summed E-state index contributed by atoms with van der Waals surface area (Å²) in [6.45, 7) is 1.84. The van der Waals surface area contributed by atoms with Crippen LogP contribution in [0.2, 0.25) is 0 Å². The third kappa shape index (κ3) is 3.96. The molecule has 1 N–H and O–H groups in total. The fourth-order valence-electron chi connectivity index (χ4n) is 5.45. The van der Waals surface area contributed by atoms with Gasteiger partial charge in [0.1, 0.15) is 30.2 Å². The number of alkyl halides is 1. The van der Waals surface area contributed by atoms with E-state index in [1.165, 1.54) is 12.1 Å². The highest BCUT2D eigenvalue weighted by molar-refractivity contribution is 5.84.